The molecule has 144 valence electrons. The van der Waals surface area contributed by atoms with Gasteiger partial charge in [0.25, 0.3) is 0 Å². The quantitative estimate of drug-likeness (QED) is 0.753. The zero-order chi connectivity index (χ0) is 17.1. The number of nitrogens with one attached hydrogen (secondary N) is 1. The fourth-order valence-electron chi connectivity index (χ4n) is 3.36. The van der Waals surface area contributed by atoms with Crippen LogP contribution in [0, 0.1) is 0 Å². The molecule has 0 radical (unpaired) electrons. The second-order valence-corrected chi connectivity index (χ2v) is 6.50. The molecule has 0 aliphatic carbocycles. The van der Waals surface area contributed by atoms with Gasteiger partial charge in [0.15, 0.2) is 0 Å². The molecule has 0 saturated carbocycles. The third-order valence-electron chi connectivity index (χ3n) is 4.45. The smallest absolute Gasteiger partial charge is 0.311 e. The van der Waals surface area contributed by atoms with E-state index < -0.39 is 25.4 Å². The van der Waals surface area contributed by atoms with Crippen molar-refractivity contribution in [2.45, 2.75) is 50.1 Å². The lowest BCUT2D eigenvalue weighted by atomic mass is 9.99. The normalized spacial score (nSPS) is 23.2. The molecular weight excluding hydrogens is 360 g/mol. The highest BCUT2D eigenvalue weighted by Crippen LogP contribution is 2.22. The highest BCUT2D eigenvalue weighted by molar-refractivity contribution is 5.85. The molecule has 0 spiro atoms. The van der Waals surface area contributed by atoms with Gasteiger partial charge in [-0.3, -0.25) is 9.80 Å². The highest BCUT2D eigenvalue weighted by atomic mass is 35.5. The topological polar surface area (TPSA) is 18.5 Å². The Balaban J connectivity index is 0.00000288. The van der Waals surface area contributed by atoms with Crippen molar-refractivity contribution in [3.05, 3.63) is 0 Å². The summed E-state index contributed by atoms with van der Waals surface area (Å²) in [4.78, 5) is 2.81. The molecule has 0 aromatic carbocycles. The number of hydrogen-bond acceptors (Lipinski definition) is 3. The Hall–Kier alpha value is -0.250. The van der Waals surface area contributed by atoms with Crippen LogP contribution in [-0.4, -0.2) is 73.5 Å². The van der Waals surface area contributed by atoms with Crippen molar-refractivity contribution >= 4 is 12.4 Å². The number of hydrogen-bond donors (Lipinski definition) is 1. The third kappa shape index (κ3) is 8.22. The largest absolute Gasteiger partial charge is 0.401 e. The molecule has 2 fully saturated rings. The first kappa shape index (κ1) is 21.8. The minimum atomic E-state index is -4.16. The fraction of sp³-hybridized carbons (Fsp3) is 1.00. The number of halogens is 7. The predicted molar refractivity (Wildman–Crippen MR) is 81.4 cm³/mol. The van der Waals surface area contributed by atoms with Gasteiger partial charge in [0.2, 0.25) is 0 Å². The van der Waals surface area contributed by atoms with Gasteiger partial charge in [0.05, 0.1) is 13.1 Å². The highest BCUT2D eigenvalue weighted by Gasteiger charge is 2.34. The second-order valence-electron chi connectivity index (χ2n) is 6.50. The van der Waals surface area contributed by atoms with Crippen molar-refractivity contribution in [3.8, 4) is 0 Å². The summed E-state index contributed by atoms with van der Waals surface area (Å²) in [7, 11) is 0. The van der Waals surface area contributed by atoms with Crippen LogP contribution < -0.4 is 5.32 Å². The Morgan fingerprint density at radius 2 is 0.958 bits per heavy atom. The Morgan fingerprint density at radius 3 is 1.21 bits per heavy atom. The van der Waals surface area contributed by atoms with Gasteiger partial charge >= 0.3 is 12.4 Å². The maximum absolute atomic E-state index is 12.3. The van der Waals surface area contributed by atoms with Crippen molar-refractivity contribution in [1.82, 2.24) is 15.1 Å². The predicted octanol–water partition coefficient (Wildman–Crippen LogP) is 3.05. The van der Waals surface area contributed by atoms with Gasteiger partial charge in [-0.25, -0.2) is 0 Å². The molecule has 24 heavy (non-hydrogen) atoms. The number of alkyl halides is 6. The van der Waals surface area contributed by atoms with E-state index in [9.17, 15) is 26.3 Å². The van der Waals surface area contributed by atoms with E-state index in [2.05, 4.69) is 5.32 Å². The Kier molecular flexibility index (Phi) is 8.09. The van der Waals surface area contributed by atoms with Gasteiger partial charge in [0, 0.05) is 12.1 Å². The van der Waals surface area contributed by atoms with Gasteiger partial charge in [0.1, 0.15) is 0 Å². The summed E-state index contributed by atoms with van der Waals surface area (Å²) < 4.78 is 73.9. The molecule has 0 atom stereocenters. The minimum absolute atomic E-state index is 0. The van der Waals surface area contributed by atoms with Crippen molar-refractivity contribution < 1.29 is 26.3 Å². The van der Waals surface area contributed by atoms with Crippen LogP contribution in [0.4, 0.5) is 26.3 Å². The van der Waals surface area contributed by atoms with Crippen LogP contribution in [0.15, 0.2) is 0 Å². The standard InChI is InChI=1S/C14H23F6N3.ClH/c15-13(16,17)9-22-5-1-11(2-6-22)21-12-3-7-23(8-4-12)10-14(18,19)20;/h11-12,21H,1-10H2;1H. The van der Waals surface area contributed by atoms with Gasteiger partial charge < -0.3 is 5.32 Å². The lowest BCUT2D eigenvalue weighted by Gasteiger charge is -2.38. The summed E-state index contributed by atoms with van der Waals surface area (Å²) in [6.07, 6.45) is -5.72. The average Bonchev–Trinajstić information content (AvgIpc) is 2.40. The molecule has 1 N–H and O–H groups in total. The molecule has 0 bridgehead atoms. The first-order chi connectivity index (χ1) is 10.6. The van der Waals surface area contributed by atoms with Crippen LogP contribution in [0.3, 0.4) is 0 Å². The maximum Gasteiger partial charge on any atom is 0.401 e. The minimum Gasteiger partial charge on any atom is -0.311 e. The zero-order valence-electron chi connectivity index (χ0n) is 13.3. The third-order valence-corrected chi connectivity index (χ3v) is 4.45. The fourth-order valence-corrected chi connectivity index (χ4v) is 3.36. The molecule has 0 amide bonds. The Bertz CT molecular complexity index is 327. The number of rotatable bonds is 4. The molecule has 2 aliphatic rings. The van der Waals surface area contributed by atoms with Crippen molar-refractivity contribution in [3.63, 3.8) is 0 Å². The van der Waals surface area contributed by atoms with Crippen LogP contribution in [0.1, 0.15) is 25.7 Å². The number of nitrogens with zero attached hydrogens (tertiary/aromatic N) is 2. The lowest BCUT2D eigenvalue weighted by molar-refractivity contribution is -0.148. The van der Waals surface area contributed by atoms with E-state index in [1.54, 1.807) is 0 Å². The van der Waals surface area contributed by atoms with E-state index in [0.29, 0.717) is 51.9 Å². The van der Waals surface area contributed by atoms with Gasteiger partial charge in [-0.2, -0.15) is 26.3 Å². The Labute approximate surface area is 144 Å². The summed E-state index contributed by atoms with van der Waals surface area (Å²) in [5, 5.41) is 3.41. The molecule has 0 unspecified atom stereocenters. The van der Waals surface area contributed by atoms with E-state index in [0.717, 1.165) is 0 Å². The molecule has 2 rings (SSSR count). The molecule has 2 aliphatic heterocycles. The molecular formula is C14H24ClF6N3. The van der Waals surface area contributed by atoms with Crippen LogP contribution in [-0.2, 0) is 0 Å². The molecule has 10 heteroatoms. The van der Waals surface area contributed by atoms with Gasteiger partial charge in [-0.05, 0) is 51.9 Å². The van der Waals surface area contributed by atoms with Crippen LogP contribution >= 0.6 is 12.4 Å². The molecule has 0 aromatic rings. The Morgan fingerprint density at radius 1 is 0.667 bits per heavy atom. The summed E-state index contributed by atoms with van der Waals surface area (Å²) >= 11 is 0. The maximum atomic E-state index is 12.3. The molecule has 2 heterocycles. The average molecular weight is 384 g/mol. The van der Waals surface area contributed by atoms with Gasteiger partial charge in [-0.1, -0.05) is 0 Å². The lowest BCUT2D eigenvalue weighted by Crippen LogP contribution is -2.51. The number of piperidine rings is 2. The van der Waals surface area contributed by atoms with Gasteiger partial charge in [-0.15, -0.1) is 12.4 Å². The number of likely N-dealkylation sites (tertiary alicyclic amines) is 2. The van der Waals surface area contributed by atoms with E-state index >= 15 is 0 Å². The second kappa shape index (κ2) is 8.91. The monoisotopic (exact) mass is 383 g/mol. The molecule has 2 saturated heterocycles. The summed E-state index contributed by atoms with van der Waals surface area (Å²) in [5.41, 5.74) is 0. The van der Waals surface area contributed by atoms with E-state index in [4.69, 9.17) is 0 Å². The van der Waals surface area contributed by atoms with Crippen molar-refractivity contribution in [2.24, 2.45) is 0 Å². The summed E-state index contributed by atoms with van der Waals surface area (Å²) in [6, 6.07) is 0.331. The van der Waals surface area contributed by atoms with Crippen LogP contribution in [0.25, 0.3) is 0 Å². The van der Waals surface area contributed by atoms with Crippen LogP contribution in [0.2, 0.25) is 0 Å². The van der Waals surface area contributed by atoms with E-state index in [1.165, 1.54) is 9.80 Å². The van der Waals surface area contributed by atoms with Crippen LogP contribution in [0.5, 0.6) is 0 Å². The van der Waals surface area contributed by atoms with E-state index in [1.807, 2.05) is 0 Å². The van der Waals surface area contributed by atoms with E-state index in [-0.39, 0.29) is 24.5 Å². The van der Waals surface area contributed by atoms with Crippen molar-refractivity contribution in [1.29, 1.82) is 0 Å². The van der Waals surface area contributed by atoms with Crippen molar-refractivity contribution in [2.75, 3.05) is 39.3 Å². The summed E-state index contributed by atoms with van der Waals surface area (Å²) in [5.74, 6) is 0. The SMILES string of the molecule is Cl.FC(F)(F)CN1CCC(NC2CCN(CC(F)(F)F)CC2)CC1. The first-order valence-corrected chi connectivity index (χ1v) is 7.95. The molecule has 3 nitrogen and oxygen atoms in total. The first-order valence-electron chi connectivity index (χ1n) is 7.95. The summed E-state index contributed by atoms with van der Waals surface area (Å²) in [6.45, 7) is -0.104. The molecule has 0 aromatic heterocycles. The zero-order valence-corrected chi connectivity index (χ0v) is 14.1.